The standard InChI is InChI=1S/C22H18N2O6/c1-28-11-17(25)23-15-9-5-3-7-13(15)18-19(23)22(12-29-2)20(26)14-8-4-6-10-16(14)24(22)21(27)30-18/h3-10H,11-12H2,1-2H3. The quantitative estimate of drug-likeness (QED) is 0.662. The molecule has 3 heterocycles. The highest BCUT2D eigenvalue weighted by atomic mass is 16.6. The summed E-state index contributed by atoms with van der Waals surface area (Å²) in [5.41, 5.74) is 0.0271. The Labute approximate surface area is 171 Å². The molecule has 0 saturated carbocycles. The number of fused-ring (bicyclic) bond motifs is 7. The summed E-state index contributed by atoms with van der Waals surface area (Å²) >= 11 is 0. The van der Waals surface area contributed by atoms with Gasteiger partial charge in [-0.05, 0) is 24.3 Å². The lowest BCUT2D eigenvalue weighted by atomic mass is 9.88. The third-order valence-corrected chi connectivity index (χ3v) is 5.61. The number of hydrogen-bond donors (Lipinski definition) is 0. The summed E-state index contributed by atoms with van der Waals surface area (Å²) in [7, 11) is 2.87. The summed E-state index contributed by atoms with van der Waals surface area (Å²) in [6.07, 6.45) is -0.694. The monoisotopic (exact) mass is 406 g/mol. The fourth-order valence-corrected chi connectivity index (χ4v) is 4.53. The molecule has 0 radical (unpaired) electrons. The second-order valence-corrected chi connectivity index (χ2v) is 7.20. The first kappa shape index (κ1) is 18.5. The van der Waals surface area contributed by atoms with Crippen LogP contribution in [0.2, 0.25) is 0 Å². The van der Waals surface area contributed by atoms with Crippen LogP contribution in [0.25, 0.3) is 10.9 Å². The van der Waals surface area contributed by atoms with E-state index >= 15 is 0 Å². The van der Waals surface area contributed by atoms with Crippen LogP contribution in [0.1, 0.15) is 20.8 Å². The minimum atomic E-state index is -1.56. The van der Waals surface area contributed by atoms with E-state index in [1.54, 1.807) is 48.5 Å². The summed E-state index contributed by atoms with van der Waals surface area (Å²) in [6, 6.07) is 13.9. The topological polar surface area (TPSA) is 87.1 Å². The zero-order valence-electron chi connectivity index (χ0n) is 16.4. The van der Waals surface area contributed by atoms with Crippen molar-refractivity contribution in [3.05, 3.63) is 59.8 Å². The molecule has 0 saturated heterocycles. The predicted molar refractivity (Wildman–Crippen MR) is 107 cm³/mol. The van der Waals surface area contributed by atoms with Gasteiger partial charge in [0.05, 0.1) is 17.8 Å². The van der Waals surface area contributed by atoms with Crippen molar-refractivity contribution in [2.75, 3.05) is 32.3 Å². The molecular weight excluding hydrogens is 388 g/mol. The van der Waals surface area contributed by atoms with Gasteiger partial charge in [0, 0.05) is 25.2 Å². The van der Waals surface area contributed by atoms with Crippen LogP contribution in [0.4, 0.5) is 10.5 Å². The Hall–Kier alpha value is -3.49. The molecule has 0 aliphatic carbocycles. The SMILES string of the molecule is COCC(=O)n1c2c(c3ccccc31)OC(=O)N1c3ccccc3C(=O)C21COC. The van der Waals surface area contributed by atoms with Gasteiger partial charge in [-0.2, -0.15) is 0 Å². The van der Waals surface area contributed by atoms with E-state index in [0.717, 1.165) is 0 Å². The van der Waals surface area contributed by atoms with Gasteiger partial charge in [0.15, 0.2) is 17.1 Å². The Morgan fingerprint density at radius 1 is 1.03 bits per heavy atom. The van der Waals surface area contributed by atoms with Crippen LogP contribution in [0.3, 0.4) is 0 Å². The molecule has 2 aromatic carbocycles. The van der Waals surface area contributed by atoms with Gasteiger partial charge in [-0.1, -0.05) is 24.3 Å². The third-order valence-electron chi connectivity index (χ3n) is 5.61. The molecule has 152 valence electrons. The van der Waals surface area contributed by atoms with Crippen LogP contribution in [-0.4, -0.2) is 49.8 Å². The Kier molecular flexibility index (Phi) is 4.02. The normalized spacial score (nSPS) is 19.5. The lowest BCUT2D eigenvalue weighted by Crippen LogP contribution is -2.58. The highest BCUT2D eigenvalue weighted by Crippen LogP contribution is 2.53. The van der Waals surface area contributed by atoms with Crippen molar-refractivity contribution in [2.24, 2.45) is 0 Å². The summed E-state index contributed by atoms with van der Waals surface area (Å²) < 4.78 is 17.7. The molecule has 1 amide bonds. The van der Waals surface area contributed by atoms with Gasteiger partial charge < -0.3 is 14.2 Å². The first-order valence-corrected chi connectivity index (χ1v) is 9.37. The maximum Gasteiger partial charge on any atom is 0.421 e. The minimum Gasteiger partial charge on any atom is -0.407 e. The third kappa shape index (κ3) is 2.14. The molecule has 2 aliphatic heterocycles. The first-order chi connectivity index (χ1) is 14.6. The average molecular weight is 406 g/mol. The van der Waals surface area contributed by atoms with Crippen molar-refractivity contribution >= 4 is 34.4 Å². The van der Waals surface area contributed by atoms with Gasteiger partial charge in [0.1, 0.15) is 12.3 Å². The van der Waals surface area contributed by atoms with Gasteiger partial charge in [-0.15, -0.1) is 0 Å². The number of Topliss-reactive ketones (excluding diaryl/α,β-unsaturated/α-hetero) is 1. The lowest BCUT2D eigenvalue weighted by molar-refractivity contribution is 0.0665. The highest BCUT2D eigenvalue weighted by molar-refractivity contribution is 6.22. The van der Waals surface area contributed by atoms with Crippen molar-refractivity contribution in [1.82, 2.24) is 4.57 Å². The maximum atomic E-state index is 13.8. The van der Waals surface area contributed by atoms with Crippen molar-refractivity contribution in [1.29, 1.82) is 0 Å². The molecule has 0 fully saturated rings. The van der Waals surface area contributed by atoms with E-state index < -0.39 is 11.6 Å². The molecule has 8 heteroatoms. The number of carbonyl (C=O) groups excluding carboxylic acids is 3. The van der Waals surface area contributed by atoms with E-state index in [9.17, 15) is 14.4 Å². The van der Waals surface area contributed by atoms with E-state index in [1.807, 2.05) is 0 Å². The number of anilines is 1. The van der Waals surface area contributed by atoms with Crippen LogP contribution < -0.4 is 9.64 Å². The predicted octanol–water partition coefficient (Wildman–Crippen LogP) is 2.98. The van der Waals surface area contributed by atoms with E-state index in [2.05, 4.69) is 0 Å². The summed E-state index contributed by atoms with van der Waals surface area (Å²) in [5.74, 6) is -0.520. The van der Waals surface area contributed by atoms with Crippen LogP contribution in [0.5, 0.6) is 5.75 Å². The van der Waals surface area contributed by atoms with Gasteiger partial charge in [0.25, 0.3) is 5.91 Å². The van der Waals surface area contributed by atoms with Crippen molar-refractivity contribution in [3.63, 3.8) is 0 Å². The first-order valence-electron chi connectivity index (χ1n) is 9.37. The van der Waals surface area contributed by atoms with Crippen LogP contribution >= 0.6 is 0 Å². The van der Waals surface area contributed by atoms with E-state index in [1.165, 1.54) is 23.7 Å². The number of ether oxygens (including phenoxy) is 3. The fraction of sp³-hybridized carbons (Fsp3) is 0.227. The van der Waals surface area contributed by atoms with E-state index in [-0.39, 0.29) is 36.3 Å². The maximum absolute atomic E-state index is 13.8. The Balaban J connectivity index is 1.92. The number of para-hydroxylation sites is 2. The minimum absolute atomic E-state index is 0.140. The lowest BCUT2D eigenvalue weighted by Gasteiger charge is -2.40. The zero-order chi connectivity index (χ0) is 21.0. The Bertz CT molecular complexity index is 1230. The summed E-state index contributed by atoms with van der Waals surface area (Å²) in [4.78, 5) is 41.3. The molecule has 0 bridgehead atoms. The molecule has 1 unspecified atom stereocenters. The molecule has 2 aliphatic rings. The van der Waals surface area contributed by atoms with Gasteiger partial charge in [-0.25, -0.2) is 4.79 Å². The van der Waals surface area contributed by atoms with Crippen LogP contribution in [-0.2, 0) is 15.0 Å². The second kappa shape index (κ2) is 6.51. The molecule has 3 aromatic rings. The fourth-order valence-electron chi connectivity index (χ4n) is 4.53. The van der Waals surface area contributed by atoms with E-state index in [4.69, 9.17) is 14.2 Å². The largest absolute Gasteiger partial charge is 0.421 e. The smallest absolute Gasteiger partial charge is 0.407 e. The average Bonchev–Trinajstić information content (AvgIpc) is 3.21. The molecule has 0 spiro atoms. The molecule has 30 heavy (non-hydrogen) atoms. The van der Waals surface area contributed by atoms with Gasteiger partial charge in [0.2, 0.25) is 0 Å². The number of methoxy groups -OCH3 is 2. The van der Waals surface area contributed by atoms with E-state index in [0.29, 0.717) is 22.2 Å². The molecular formula is C22H18N2O6. The van der Waals surface area contributed by atoms with Crippen molar-refractivity contribution < 1.29 is 28.6 Å². The number of amides is 1. The number of hydrogen-bond acceptors (Lipinski definition) is 6. The number of aromatic nitrogens is 1. The summed E-state index contributed by atoms with van der Waals surface area (Å²) in [5, 5.41) is 0.559. The van der Waals surface area contributed by atoms with Crippen LogP contribution in [0, 0.1) is 0 Å². The molecule has 0 N–H and O–H groups in total. The molecule has 1 atom stereocenters. The number of carbonyl (C=O) groups is 3. The van der Waals surface area contributed by atoms with Gasteiger partial charge in [-0.3, -0.25) is 19.1 Å². The number of ketones is 1. The van der Waals surface area contributed by atoms with Crippen molar-refractivity contribution in [3.8, 4) is 5.75 Å². The Morgan fingerprint density at radius 3 is 2.53 bits per heavy atom. The number of benzene rings is 2. The molecule has 8 nitrogen and oxygen atoms in total. The Morgan fingerprint density at radius 2 is 1.77 bits per heavy atom. The highest BCUT2D eigenvalue weighted by Gasteiger charge is 2.62. The van der Waals surface area contributed by atoms with Crippen LogP contribution in [0.15, 0.2) is 48.5 Å². The summed E-state index contributed by atoms with van der Waals surface area (Å²) in [6.45, 7) is -0.345. The second-order valence-electron chi connectivity index (χ2n) is 7.20. The zero-order valence-corrected chi connectivity index (χ0v) is 16.4. The van der Waals surface area contributed by atoms with Gasteiger partial charge >= 0.3 is 6.09 Å². The molecule has 1 aromatic heterocycles. The number of rotatable bonds is 4. The number of nitrogens with zero attached hydrogens (tertiary/aromatic N) is 2. The molecule has 5 rings (SSSR count). The van der Waals surface area contributed by atoms with Crippen molar-refractivity contribution in [2.45, 2.75) is 5.54 Å².